The Kier molecular flexibility index (Phi) is 6.65. The Balaban J connectivity index is 2.51. The maximum absolute atomic E-state index is 12.1. The lowest BCUT2D eigenvalue weighted by Crippen LogP contribution is -2.29. The summed E-state index contributed by atoms with van der Waals surface area (Å²) in [5.74, 6) is -0.0222. The van der Waals surface area contributed by atoms with Crippen LogP contribution in [0.5, 0.6) is 5.75 Å². The van der Waals surface area contributed by atoms with E-state index >= 15 is 0 Å². The topological polar surface area (TPSA) is 41.5 Å². The second-order valence-corrected chi connectivity index (χ2v) is 5.79. The van der Waals surface area contributed by atoms with Gasteiger partial charge in [0.25, 0.3) is 0 Å². The first-order valence-corrected chi connectivity index (χ1v) is 6.77. The quantitative estimate of drug-likeness (QED) is 0.773. The third-order valence-electron chi connectivity index (χ3n) is 2.93. The van der Waals surface area contributed by atoms with Gasteiger partial charge < -0.3 is 15.2 Å². The van der Waals surface area contributed by atoms with Crippen LogP contribution in [0.4, 0.5) is 8.78 Å². The van der Waals surface area contributed by atoms with Gasteiger partial charge in [0.05, 0.1) is 5.02 Å². The van der Waals surface area contributed by atoms with Crippen molar-refractivity contribution in [2.45, 2.75) is 33.4 Å². The zero-order valence-electron chi connectivity index (χ0n) is 11.6. The molecule has 0 unspecified atom stereocenters. The normalized spacial score (nSPS) is 11.9. The fraction of sp³-hybridized carbons (Fsp3) is 0.571. The van der Waals surface area contributed by atoms with Gasteiger partial charge in [0.2, 0.25) is 0 Å². The minimum Gasteiger partial charge on any atom is -0.433 e. The van der Waals surface area contributed by atoms with Crippen molar-refractivity contribution in [2.75, 3.05) is 13.2 Å². The van der Waals surface area contributed by atoms with E-state index in [2.05, 4.69) is 23.9 Å². The second-order valence-electron chi connectivity index (χ2n) is 5.38. The van der Waals surface area contributed by atoms with Crippen molar-refractivity contribution in [2.24, 2.45) is 5.41 Å². The van der Waals surface area contributed by atoms with Gasteiger partial charge in [-0.3, -0.25) is 0 Å². The van der Waals surface area contributed by atoms with Gasteiger partial charge in [-0.2, -0.15) is 8.78 Å². The van der Waals surface area contributed by atoms with Crippen LogP contribution in [0.3, 0.4) is 0 Å². The molecule has 20 heavy (non-hydrogen) atoms. The smallest absolute Gasteiger partial charge is 0.387 e. The van der Waals surface area contributed by atoms with Gasteiger partial charge in [-0.05, 0) is 29.5 Å². The van der Waals surface area contributed by atoms with Crippen molar-refractivity contribution in [1.82, 2.24) is 5.32 Å². The number of aliphatic hydroxyl groups excluding tert-OH is 1. The molecule has 0 saturated heterocycles. The van der Waals surface area contributed by atoms with Gasteiger partial charge in [0.1, 0.15) is 5.75 Å². The average molecular weight is 308 g/mol. The number of nitrogens with one attached hydrogen (secondary N) is 1. The molecular formula is C14H20ClF2NO2. The van der Waals surface area contributed by atoms with Gasteiger partial charge in [-0.25, -0.2) is 0 Å². The standard InChI is InChI=1S/C14H20ClF2NO2/c1-14(2,5-6-19)9-18-8-10-3-4-12(11(15)7-10)20-13(16)17/h3-4,7,13,18-19H,5-6,8-9H2,1-2H3. The van der Waals surface area contributed by atoms with Gasteiger partial charge in [0, 0.05) is 19.7 Å². The van der Waals surface area contributed by atoms with Gasteiger partial charge >= 0.3 is 6.61 Å². The van der Waals surface area contributed by atoms with Gasteiger partial charge in [0.15, 0.2) is 0 Å². The summed E-state index contributed by atoms with van der Waals surface area (Å²) < 4.78 is 28.5. The average Bonchev–Trinajstić information content (AvgIpc) is 2.31. The zero-order chi connectivity index (χ0) is 15.2. The van der Waals surface area contributed by atoms with E-state index in [0.29, 0.717) is 13.0 Å². The summed E-state index contributed by atoms with van der Waals surface area (Å²) in [6.45, 7) is 2.70. The van der Waals surface area contributed by atoms with Gasteiger partial charge in [-0.15, -0.1) is 0 Å². The van der Waals surface area contributed by atoms with Gasteiger partial charge in [-0.1, -0.05) is 31.5 Å². The molecular weight excluding hydrogens is 288 g/mol. The summed E-state index contributed by atoms with van der Waals surface area (Å²) in [7, 11) is 0. The summed E-state index contributed by atoms with van der Waals surface area (Å²) in [5.41, 5.74) is 0.883. The highest BCUT2D eigenvalue weighted by Gasteiger charge is 2.16. The Morgan fingerprint density at radius 3 is 2.65 bits per heavy atom. The molecule has 1 rings (SSSR count). The fourth-order valence-electron chi connectivity index (χ4n) is 1.78. The minimum atomic E-state index is -2.88. The van der Waals surface area contributed by atoms with E-state index in [1.165, 1.54) is 6.07 Å². The maximum Gasteiger partial charge on any atom is 0.387 e. The third-order valence-corrected chi connectivity index (χ3v) is 3.23. The van der Waals surface area contributed by atoms with Crippen molar-refractivity contribution in [3.63, 3.8) is 0 Å². The Labute approximate surface area is 122 Å². The molecule has 0 bridgehead atoms. The molecule has 1 aromatic carbocycles. The van der Waals surface area contributed by atoms with Crippen LogP contribution in [-0.4, -0.2) is 24.9 Å². The number of rotatable bonds is 8. The van der Waals surface area contributed by atoms with Crippen molar-refractivity contribution >= 4 is 11.6 Å². The lowest BCUT2D eigenvalue weighted by atomic mass is 9.90. The number of benzene rings is 1. The van der Waals surface area contributed by atoms with Crippen LogP contribution in [-0.2, 0) is 6.54 Å². The SMILES string of the molecule is CC(C)(CCO)CNCc1ccc(OC(F)F)c(Cl)c1. The molecule has 6 heteroatoms. The largest absolute Gasteiger partial charge is 0.433 e. The monoisotopic (exact) mass is 307 g/mol. The predicted octanol–water partition coefficient (Wildman–Crippen LogP) is 3.44. The summed E-state index contributed by atoms with van der Waals surface area (Å²) in [6.07, 6.45) is 0.710. The van der Waals surface area contributed by atoms with Crippen LogP contribution < -0.4 is 10.1 Å². The molecule has 0 aromatic heterocycles. The molecule has 0 aliphatic rings. The molecule has 0 aliphatic heterocycles. The Hall–Kier alpha value is -0.910. The maximum atomic E-state index is 12.1. The molecule has 0 atom stereocenters. The summed E-state index contributed by atoms with van der Waals surface area (Å²) in [5, 5.41) is 12.4. The van der Waals surface area contributed by atoms with E-state index in [1.54, 1.807) is 12.1 Å². The molecule has 114 valence electrons. The van der Waals surface area contributed by atoms with Crippen LogP contribution in [0.25, 0.3) is 0 Å². The summed E-state index contributed by atoms with van der Waals surface area (Å²) >= 11 is 5.87. The summed E-state index contributed by atoms with van der Waals surface area (Å²) in [6, 6.07) is 4.73. The van der Waals surface area contributed by atoms with Crippen molar-refractivity contribution in [1.29, 1.82) is 0 Å². The fourth-order valence-corrected chi connectivity index (χ4v) is 2.03. The third kappa shape index (κ3) is 6.03. The van der Waals surface area contributed by atoms with Crippen molar-refractivity contribution < 1.29 is 18.6 Å². The minimum absolute atomic E-state index is 0.00271. The van der Waals surface area contributed by atoms with E-state index in [4.69, 9.17) is 16.7 Å². The molecule has 1 aromatic rings. The molecule has 0 aliphatic carbocycles. The number of halogens is 3. The molecule has 0 amide bonds. The van der Waals surface area contributed by atoms with Crippen LogP contribution in [0.1, 0.15) is 25.8 Å². The van der Waals surface area contributed by atoms with E-state index in [-0.39, 0.29) is 22.8 Å². The first kappa shape index (κ1) is 17.1. The zero-order valence-corrected chi connectivity index (χ0v) is 12.4. The van der Waals surface area contributed by atoms with E-state index in [0.717, 1.165) is 12.1 Å². The molecule has 0 radical (unpaired) electrons. The first-order chi connectivity index (χ1) is 9.34. The van der Waals surface area contributed by atoms with Crippen molar-refractivity contribution in [3.05, 3.63) is 28.8 Å². The first-order valence-electron chi connectivity index (χ1n) is 6.39. The Morgan fingerprint density at radius 1 is 1.40 bits per heavy atom. The number of hydrogen-bond donors (Lipinski definition) is 2. The highest BCUT2D eigenvalue weighted by molar-refractivity contribution is 6.32. The van der Waals surface area contributed by atoms with E-state index in [9.17, 15) is 8.78 Å². The highest BCUT2D eigenvalue weighted by atomic mass is 35.5. The number of aliphatic hydroxyl groups is 1. The molecule has 0 heterocycles. The lowest BCUT2D eigenvalue weighted by molar-refractivity contribution is -0.0497. The second kappa shape index (κ2) is 7.76. The van der Waals surface area contributed by atoms with Crippen LogP contribution in [0.2, 0.25) is 5.02 Å². The van der Waals surface area contributed by atoms with E-state index in [1.807, 2.05) is 0 Å². The number of alkyl halides is 2. The van der Waals surface area contributed by atoms with Crippen LogP contribution in [0, 0.1) is 5.41 Å². The molecule has 0 spiro atoms. The predicted molar refractivity (Wildman–Crippen MR) is 75.3 cm³/mol. The van der Waals surface area contributed by atoms with E-state index < -0.39 is 6.61 Å². The molecule has 0 saturated carbocycles. The number of ether oxygens (including phenoxy) is 1. The Morgan fingerprint density at radius 2 is 2.10 bits per heavy atom. The molecule has 2 N–H and O–H groups in total. The molecule has 0 fully saturated rings. The van der Waals surface area contributed by atoms with Crippen LogP contribution >= 0.6 is 11.6 Å². The Bertz CT molecular complexity index is 428. The van der Waals surface area contributed by atoms with Crippen LogP contribution in [0.15, 0.2) is 18.2 Å². The summed E-state index contributed by atoms with van der Waals surface area (Å²) in [4.78, 5) is 0. The number of hydrogen-bond acceptors (Lipinski definition) is 3. The lowest BCUT2D eigenvalue weighted by Gasteiger charge is -2.24. The molecule has 3 nitrogen and oxygen atoms in total. The van der Waals surface area contributed by atoms with Crippen molar-refractivity contribution in [3.8, 4) is 5.75 Å². The highest BCUT2D eigenvalue weighted by Crippen LogP contribution is 2.27.